The Morgan fingerprint density at radius 1 is 1.02 bits per heavy atom. The molecular formula is C32H32ClF2N5O. The molecule has 0 radical (unpaired) electrons. The highest BCUT2D eigenvalue weighted by Crippen LogP contribution is 2.43. The van der Waals surface area contributed by atoms with Crippen LogP contribution in [0.1, 0.15) is 32.1 Å². The molecule has 1 aromatic heterocycles. The lowest BCUT2D eigenvalue weighted by Crippen LogP contribution is -2.52. The molecular weight excluding hydrogens is 544 g/mol. The quantitative estimate of drug-likeness (QED) is 0.309. The Morgan fingerprint density at radius 3 is 2.66 bits per heavy atom. The number of anilines is 1. The van der Waals surface area contributed by atoms with Gasteiger partial charge in [0, 0.05) is 59.5 Å². The van der Waals surface area contributed by atoms with Crippen molar-refractivity contribution in [3.8, 4) is 17.1 Å². The maximum Gasteiger partial charge on any atom is 0.319 e. The third-order valence-electron chi connectivity index (χ3n) is 9.77. The summed E-state index contributed by atoms with van der Waals surface area (Å²) in [7, 11) is 0. The molecule has 4 fully saturated rings. The molecule has 41 heavy (non-hydrogen) atoms. The van der Waals surface area contributed by atoms with E-state index in [4.69, 9.17) is 21.3 Å². The van der Waals surface area contributed by atoms with E-state index in [0.717, 1.165) is 67.5 Å². The molecule has 0 aliphatic carbocycles. The Hall–Kier alpha value is -3.07. The van der Waals surface area contributed by atoms with E-state index in [1.165, 1.54) is 0 Å². The first-order chi connectivity index (χ1) is 20.0. The van der Waals surface area contributed by atoms with Gasteiger partial charge in [-0.15, -0.1) is 0 Å². The minimum atomic E-state index is -0.851. The van der Waals surface area contributed by atoms with Crippen molar-refractivity contribution in [3.63, 3.8) is 0 Å². The fraction of sp³-hybridized carbons (Fsp3) is 0.438. The van der Waals surface area contributed by atoms with Gasteiger partial charge < -0.3 is 15.0 Å². The Kier molecular flexibility index (Phi) is 6.09. The lowest BCUT2D eigenvalue weighted by atomic mass is 9.95. The third kappa shape index (κ3) is 4.09. The van der Waals surface area contributed by atoms with E-state index in [1.54, 1.807) is 0 Å². The van der Waals surface area contributed by atoms with E-state index in [0.29, 0.717) is 35.5 Å². The molecule has 212 valence electrons. The van der Waals surface area contributed by atoms with Gasteiger partial charge in [-0.1, -0.05) is 48.0 Å². The average Bonchev–Trinajstić information content (AvgIpc) is 3.58. The Labute approximate surface area is 242 Å². The van der Waals surface area contributed by atoms with Crippen LogP contribution >= 0.6 is 11.6 Å². The highest BCUT2D eigenvalue weighted by Gasteiger charge is 2.49. The fourth-order valence-electron chi connectivity index (χ4n) is 7.89. The van der Waals surface area contributed by atoms with Gasteiger partial charge in [0.25, 0.3) is 0 Å². The molecule has 0 amide bonds. The second-order valence-corrected chi connectivity index (χ2v) is 12.5. The molecule has 4 saturated heterocycles. The van der Waals surface area contributed by atoms with E-state index in [1.807, 2.05) is 48.5 Å². The number of nitrogens with one attached hydrogen (secondary N) is 1. The van der Waals surface area contributed by atoms with Gasteiger partial charge >= 0.3 is 6.01 Å². The molecule has 4 aromatic rings. The number of rotatable bonds is 5. The van der Waals surface area contributed by atoms with Crippen LogP contribution in [0.2, 0.25) is 5.02 Å². The summed E-state index contributed by atoms with van der Waals surface area (Å²) in [6, 6.07) is 16.0. The maximum absolute atomic E-state index is 16.7. The van der Waals surface area contributed by atoms with Gasteiger partial charge in [0.15, 0.2) is 5.82 Å². The topological polar surface area (TPSA) is 53.5 Å². The summed E-state index contributed by atoms with van der Waals surface area (Å²) < 4.78 is 37.4. The molecule has 0 unspecified atom stereocenters. The highest BCUT2D eigenvalue weighted by atomic mass is 35.5. The zero-order valence-electron chi connectivity index (χ0n) is 22.8. The molecule has 5 heterocycles. The van der Waals surface area contributed by atoms with Gasteiger partial charge in [-0.3, -0.25) is 4.90 Å². The van der Waals surface area contributed by atoms with Crippen LogP contribution < -0.4 is 15.0 Å². The lowest BCUT2D eigenvalue weighted by Gasteiger charge is -2.37. The van der Waals surface area contributed by atoms with Crippen molar-refractivity contribution in [2.24, 2.45) is 0 Å². The molecule has 0 spiro atoms. The van der Waals surface area contributed by atoms with Gasteiger partial charge in [0.1, 0.15) is 24.1 Å². The first-order valence-corrected chi connectivity index (χ1v) is 15.1. The number of alkyl halides is 1. The van der Waals surface area contributed by atoms with Crippen molar-refractivity contribution >= 4 is 39.1 Å². The largest absolute Gasteiger partial charge is 0.461 e. The van der Waals surface area contributed by atoms with Crippen LogP contribution in [-0.2, 0) is 0 Å². The van der Waals surface area contributed by atoms with Gasteiger partial charge in [-0.2, -0.15) is 9.97 Å². The Balaban J connectivity index is 1.27. The number of aromatic nitrogens is 2. The number of halogens is 3. The van der Waals surface area contributed by atoms with Crippen molar-refractivity contribution in [3.05, 3.63) is 59.4 Å². The predicted octanol–water partition coefficient (Wildman–Crippen LogP) is 6.14. The van der Waals surface area contributed by atoms with E-state index in [-0.39, 0.29) is 29.1 Å². The number of piperazine rings is 1. The molecule has 4 aliphatic rings. The normalized spacial score (nSPS) is 27.7. The van der Waals surface area contributed by atoms with Crippen LogP contribution in [0.4, 0.5) is 14.6 Å². The number of hydrogen-bond acceptors (Lipinski definition) is 6. The Bertz CT molecular complexity index is 1650. The Morgan fingerprint density at radius 2 is 1.83 bits per heavy atom. The number of fused-ring (bicyclic) bond motifs is 5. The minimum Gasteiger partial charge on any atom is -0.461 e. The fourth-order valence-corrected chi connectivity index (χ4v) is 8.17. The number of benzene rings is 3. The molecule has 0 saturated carbocycles. The summed E-state index contributed by atoms with van der Waals surface area (Å²) in [5.74, 6) is 0.298. The van der Waals surface area contributed by atoms with Crippen molar-refractivity contribution in [1.29, 1.82) is 0 Å². The summed E-state index contributed by atoms with van der Waals surface area (Å²) in [4.78, 5) is 14.2. The van der Waals surface area contributed by atoms with Crippen LogP contribution in [0, 0.1) is 5.82 Å². The summed E-state index contributed by atoms with van der Waals surface area (Å²) in [6.45, 7) is 3.35. The highest BCUT2D eigenvalue weighted by molar-refractivity contribution is 6.36. The number of ether oxygens (including phenoxy) is 1. The van der Waals surface area contributed by atoms with Crippen molar-refractivity contribution in [1.82, 2.24) is 20.2 Å². The average molecular weight is 576 g/mol. The van der Waals surface area contributed by atoms with Crippen molar-refractivity contribution in [2.75, 3.05) is 37.7 Å². The first-order valence-electron chi connectivity index (χ1n) is 14.7. The van der Waals surface area contributed by atoms with Gasteiger partial charge in [0.2, 0.25) is 0 Å². The van der Waals surface area contributed by atoms with E-state index < -0.39 is 12.0 Å². The molecule has 4 atom stereocenters. The number of hydrogen-bond donors (Lipinski definition) is 1. The van der Waals surface area contributed by atoms with Crippen LogP contribution in [0.15, 0.2) is 48.5 Å². The minimum absolute atomic E-state index is 0.154. The standard InChI is InChI=1S/C32H32ClF2N5O/c33-26-7-2-5-19-4-1-6-23(27(19)26)24-10-11-25-29(28(24)35)37-31(38-30(25)40-21-8-9-22(40)16-36-15-21)41-18-32-12-3-13-39(32)17-20(34)14-32/h1-2,4-7,10-11,20-22,36H,3,8-9,12-18H2/t20-,21-,22+,32+/m1/s1. The summed E-state index contributed by atoms with van der Waals surface area (Å²) in [5, 5.41) is 6.53. The molecule has 4 aliphatic heterocycles. The first kappa shape index (κ1) is 25.6. The molecule has 2 bridgehead atoms. The van der Waals surface area contributed by atoms with Crippen LogP contribution in [-0.4, -0.2) is 71.4 Å². The summed E-state index contributed by atoms with van der Waals surface area (Å²) in [6.07, 6.45) is 3.63. The SMILES string of the molecule is Fc1c(-c2cccc3cccc(Cl)c23)ccc2c(N3[C@@H]4CC[C@H]3CNC4)nc(OC[C@@]34CCCN3C[C@H](F)C4)nc12. The lowest BCUT2D eigenvalue weighted by molar-refractivity contribution is 0.107. The molecule has 6 nitrogen and oxygen atoms in total. The summed E-state index contributed by atoms with van der Waals surface area (Å²) in [5.41, 5.74) is 1.05. The smallest absolute Gasteiger partial charge is 0.319 e. The second-order valence-electron chi connectivity index (χ2n) is 12.1. The van der Waals surface area contributed by atoms with Gasteiger partial charge in [0.05, 0.1) is 5.54 Å². The van der Waals surface area contributed by atoms with Gasteiger partial charge in [-0.05, 0) is 55.3 Å². The predicted molar refractivity (Wildman–Crippen MR) is 158 cm³/mol. The van der Waals surface area contributed by atoms with E-state index >= 15 is 4.39 Å². The van der Waals surface area contributed by atoms with Gasteiger partial charge in [-0.25, -0.2) is 8.78 Å². The third-order valence-corrected chi connectivity index (χ3v) is 10.1. The zero-order valence-corrected chi connectivity index (χ0v) is 23.5. The van der Waals surface area contributed by atoms with Crippen LogP contribution in [0.5, 0.6) is 6.01 Å². The molecule has 9 heteroatoms. The van der Waals surface area contributed by atoms with E-state index in [9.17, 15) is 4.39 Å². The monoisotopic (exact) mass is 575 g/mol. The zero-order chi connectivity index (χ0) is 27.7. The molecule has 1 N–H and O–H groups in total. The maximum atomic E-state index is 16.7. The van der Waals surface area contributed by atoms with E-state index in [2.05, 4.69) is 20.1 Å². The number of nitrogens with zero attached hydrogens (tertiary/aromatic N) is 4. The second kappa shape index (κ2) is 9.75. The van der Waals surface area contributed by atoms with Crippen molar-refractivity contribution < 1.29 is 13.5 Å². The van der Waals surface area contributed by atoms with Crippen LogP contribution in [0.3, 0.4) is 0 Å². The van der Waals surface area contributed by atoms with Crippen molar-refractivity contribution in [2.45, 2.75) is 55.9 Å². The molecule has 8 rings (SSSR count). The summed E-state index contributed by atoms with van der Waals surface area (Å²) >= 11 is 6.62. The molecule has 3 aromatic carbocycles. The van der Waals surface area contributed by atoms with Crippen LogP contribution in [0.25, 0.3) is 32.8 Å².